The minimum atomic E-state index is -0.244. The highest BCUT2D eigenvalue weighted by atomic mass is 32.1. The summed E-state index contributed by atoms with van der Waals surface area (Å²) >= 11 is 3.06. The number of nitrogens with one attached hydrogen (secondary N) is 1. The van der Waals surface area contributed by atoms with Gasteiger partial charge in [0.25, 0.3) is 5.91 Å². The zero-order valence-corrected chi connectivity index (χ0v) is 14.7. The molecule has 0 saturated carbocycles. The molecule has 0 aliphatic rings. The van der Waals surface area contributed by atoms with Gasteiger partial charge in [-0.1, -0.05) is 12.1 Å². The van der Waals surface area contributed by atoms with Crippen molar-refractivity contribution in [2.75, 3.05) is 5.32 Å². The molecule has 3 aromatic heterocycles. The maximum Gasteiger partial charge on any atom is 0.275 e. The maximum absolute atomic E-state index is 12.5. The fourth-order valence-corrected chi connectivity index (χ4v) is 3.81. The Morgan fingerprint density at radius 3 is 2.88 bits per heavy atom. The Balaban J connectivity index is 1.54. The number of hydrogen-bond acceptors (Lipinski definition) is 7. The molecule has 25 heavy (non-hydrogen) atoms. The normalized spacial score (nSPS) is 10.8. The Morgan fingerprint density at radius 1 is 1.20 bits per heavy atom. The minimum absolute atomic E-state index is 0.244. The molecule has 0 aliphatic heterocycles. The highest BCUT2D eigenvalue weighted by Crippen LogP contribution is 2.26. The summed E-state index contributed by atoms with van der Waals surface area (Å²) in [4.78, 5) is 16.9. The first kappa shape index (κ1) is 15.6. The first-order valence-electron chi connectivity index (χ1n) is 7.33. The lowest BCUT2D eigenvalue weighted by Gasteiger charge is -2.05. The molecule has 124 valence electrons. The Morgan fingerprint density at radius 2 is 2.12 bits per heavy atom. The van der Waals surface area contributed by atoms with Crippen molar-refractivity contribution in [2.45, 2.75) is 0 Å². The number of tetrazole rings is 1. The van der Waals surface area contributed by atoms with E-state index >= 15 is 0 Å². The number of carbonyl (C=O) groups excluding carboxylic acids is 1. The molecule has 7 nitrogen and oxygen atoms in total. The van der Waals surface area contributed by atoms with Crippen molar-refractivity contribution in [3.05, 3.63) is 52.2 Å². The molecule has 4 aromatic rings. The van der Waals surface area contributed by atoms with E-state index in [1.807, 2.05) is 41.1 Å². The Labute approximate surface area is 151 Å². The molecule has 0 atom stereocenters. The fraction of sp³-hybridized carbons (Fsp3) is 0.0625. The van der Waals surface area contributed by atoms with E-state index in [1.54, 1.807) is 28.4 Å². The summed E-state index contributed by atoms with van der Waals surface area (Å²) in [6, 6.07) is 9.37. The van der Waals surface area contributed by atoms with E-state index in [0.717, 1.165) is 16.1 Å². The van der Waals surface area contributed by atoms with Gasteiger partial charge < -0.3 is 5.32 Å². The molecule has 3 heterocycles. The number of benzene rings is 1. The molecule has 0 unspecified atom stereocenters. The van der Waals surface area contributed by atoms with Gasteiger partial charge in [-0.05, 0) is 34.0 Å². The van der Waals surface area contributed by atoms with Crippen LogP contribution in [-0.2, 0) is 7.05 Å². The van der Waals surface area contributed by atoms with Gasteiger partial charge in [-0.15, -0.1) is 16.4 Å². The molecule has 4 rings (SSSR count). The molecule has 0 radical (unpaired) electrons. The quantitative estimate of drug-likeness (QED) is 0.597. The number of nitrogens with zero attached hydrogens (tertiary/aromatic N) is 5. The number of carbonyl (C=O) groups is 1. The van der Waals surface area contributed by atoms with Crippen molar-refractivity contribution in [3.8, 4) is 22.0 Å². The highest BCUT2D eigenvalue weighted by Gasteiger charge is 2.13. The second-order valence-corrected chi connectivity index (χ2v) is 6.85. The van der Waals surface area contributed by atoms with E-state index in [2.05, 4.69) is 25.8 Å². The average molecular weight is 368 g/mol. The fourth-order valence-electron chi connectivity index (χ4n) is 2.30. The number of thiophene rings is 1. The predicted octanol–water partition coefficient (Wildman–Crippen LogP) is 3.31. The van der Waals surface area contributed by atoms with E-state index in [0.29, 0.717) is 17.2 Å². The highest BCUT2D eigenvalue weighted by molar-refractivity contribution is 7.14. The zero-order valence-electron chi connectivity index (χ0n) is 13.1. The molecule has 0 spiro atoms. The Kier molecular flexibility index (Phi) is 4.08. The van der Waals surface area contributed by atoms with Crippen molar-refractivity contribution >= 4 is 34.3 Å². The third-order valence-electron chi connectivity index (χ3n) is 3.50. The molecule has 0 aliphatic carbocycles. The van der Waals surface area contributed by atoms with Gasteiger partial charge in [0.1, 0.15) is 10.7 Å². The number of hydrogen-bond donors (Lipinski definition) is 1. The first-order chi connectivity index (χ1) is 12.2. The molecule has 0 bridgehead atoms. The molecule has 1 aromatic carbocycles. The molecule has 1 amide bonds. The minimum Gasteiger partial charge on any atom is -0.321 e. The third kappa shape index (κ3) is 3.19. The van der Waals surface area contributed by atoms with Crippen LogP contribution in [-0.4, -0.2) is 31.1 Å². The molecule has 1 N–H and O–H groups in total. The van der Waals surface area contributed by atoms with Gasteiger partial charge in [0, 0.05) is 34.6 Å². The van der Waals surface area contributed by atoms with Crippen molar-refractivity contribution in [1.82, 2.24) is 25.2 Å². The smallest absolute Gasteiger partial charge is 0.275 e. The molecular weight excluding hydrogens is 356 g/mol. The van der Waals surface area contributed by atoms with Gasteiger partial charge in [0.2, 0.25) is 0 Å². The lowest BCUT2D eigenvalue weighted by atomic mass is 10.2. The monoisotopic (exact) mass is 368 g/mol. The Hall–Kier alpha value is -2.91. The van der Waals surface area contributed by atoms with Crippen molar-refractivity contribution in [3.63, 3.8) is 0 Å². The van der Waals surface area contributed by atoms with Gasteiger partial charge >= 0.3 is 0 Å². The lowest BCUT2D eigenvalue weighted by Crippen LogP contribution is -2.12. The summed E-state index contributed by atoms with van der Waals surface area (Å²) in [5.74, 6) is 0.385. The summed E-state index contributed by atoms with van der Waals surface area (Å²) < 4.78 is 1.58. The van der Waals surface area contributed by atoms with E-state index < -0.39 is 0 Å². The predicted molar refractivity (Wildman–Crippen MR) is 97.6 cm³/mol. The van der Waals surface area contributed by atoms with Crippen molar-refractivity contribution in [1.29, 1.82) is 0 Å². The number of rotatable bonds is 4. The summed E-state index contributed by atoms with van der Waals surface area (Å²) in [6.07, 6.45) is 0. The van der Waals surface area contributed by atoms with Crippen molar-refractivity contribution in [2.24, 2.45) is 7.05 Å². The Bertz CT molecular complexity index is 1020. The van der Waals surface area contributed by atoms with Crippen LogP contribution in [0.15, 0.2) is 46.5 Å². The van der Waals surface area contributed by atoms with E-state index in [-0.39, 0.29) is 5.91 Å². The van der Waals surface area contributed by atoms with E-state index in [1.165, 1.54) is 11.3 Å². The van der Waals surface area contributed by atoms with Gasteiger partial charge in [0.15, 0.2) is 5.82 Å². The number of amides is 1. The van der Waals surface area contributed by atoms with Gasteiger partial charge in [-0.3, -0.25) is 4.79 Å². The molecule has 0 fully saturated rings. The average Bonchev–Trinajstić information content (AvgIpc) is 3.36. The number of aryl methyl sites for hydroxylation is 1. The van der Waals surface area contributed by atoms with Crippen LogP contribution < -0.4 is 5.32 Å². The van der Waals surface area contributed by atoms with Crippen LogP contribution in [0.4, 0.5) is 5.69 Å². The van der Waals surface area contributed by atoms with Gasteiger partial charge in [0.05, 0.1) is 0 Å². The molecule has 9 heteroatoms. The second kappa shape index (κ2) is 6.54. The van der Waals surface area contributed by atoms with Crippen LogP contribution in [0, 0.1) is 0 Å². The maximum atomic E-state index is 12.5. The van der Waals surface area contributed by atoms with Crippen LogP contribution in [0.5, 0.6) is 0 Å². The summed E-state index contributed by atoms with van der Waals surface area (Å²) in [5.41, 5.74) is 2.92. The summed E-state index contributed by atoms with van der Waals surface area (Å²) in [6.45, 7) is 0. The van der Waals surface area contributed by atoms with Crippen LogP contribution in [0.25, 0.3) is 22.0 Å². The number of thiazole rings is 1. The van der Waals surface area contributed by atoms with Crippen LogP contribution >= 0.6 is 22.7 Å². The van der Waals surface area contributed by atoms with Gasteiger partial charge in [-0.25, -0.2) is 9.67 Å². The van der Waals surface area contributed by atoms with Gasteiger partial charge in [-0.2, -0.15) is 11.3 Å². The van der Waals surface area contributed by atoms with Crippen LogP contribution in [0.1, 0.15) is 10.5 Å². The van der Waals surface area contributed by atoms with Crippen LogP contribution in [0.3, 0.4) is 0 Å². The van der Waals surface area contributed by atoms with E-state index in [4.69, 9.17) is 0 Å². The second-order valence-electron chi connectivity index (χ2n) is 5.21. The third-order valence-corrected chi connectivity index (χ3v) is 5.08. The topological polar surface area (TPSA) is 85.6 Å². The molecule has 0 saturated heterocycles. The summed E-state index contributed by atoms with van der Waals surface area (Å²) in [7, 11) is 1.77. The SMILES string of the molecule is Cn1nnnc1-c1cccc(NC(=O)c2csc(-c3ccsc3)n2)c1. The van der Waals surface area contributed by atoms with Crippen LogP contribution in [0.2, 0.25) is 0 Å². The summed E-state index contributed by atoms with van der Waals surface area (Å²) in [5, 5.41) is 20.9. The largest absolute Gasteiger partial charge is 0.321 e. The molecular formula is C16H12N6OS2. The number of anilines is 1. The van der Waals surface area contributed by atoms with E-state index in [9.17, 15) is 4.79 Å². The zero-order chi connectivity index (χ0) is 17.2. The number of aromatic nitrogens is 5. The lowest BCUT2D eigenvalue weighted by molar-refractivity contribution is 0.102. The first-order valence-corrected chi connectivity index (χ1v) is 9.15. The standard InChI is InChI=1S/C16H12N6OS2/c1-22-14(19-20-21-22)10-3-2-4-12(7-10)17-15(23)13-9-25-16(18-13)11-5-6-24-8-11/h2-9H,1H3,(H,17,23). The van der Waals surface area contributed by atoms with Crippen molar-refractivity contribution < 1.29 is 4.79 Å².